The molecule has 0 aliphatic carbocycles. The van der Waals surface area contributed by atoms with Gasteiger partial charge in [0.2, 0.25) is 11.8 Å². The van der Waals surface area contributed by atoms with Gasteiger partial charge in [0.25, 0.3) is 5.56 Å². The summed E-state index contributed by atoms with van der Waals surface area (Å²) in [5, 5.41) is 10.8. The van der Waals surface area contributed by atoms with Crippen molar-refractivity contribution in [2.24, 2.45) is 0 Å². The van der Waals surface area contributed by atoms with Crippen LogP contribution in [0.25, 0.3) is 10.8 Å². The monoisotopic (exact) mass is 370 g/mol. The number of aromatic nitrogens is 2. The van der Waals surface area contributed by atoms with Gasteiger partial charge in [0.1, 0.15) is 6.54 Å². The first-order valence-corrected chi connectivity index (χ1v) is 8.13. The molecule has 132 valence electrons. The third-order valence-electron chi connectivity index (χ3n) is 3.62. The average Bonchev–Trinajstić information content (AvgIpc) is 2.60. The van der Waals surface area contributed by atoms with Crippen molar-refractivity contribution in [2.75, 3.05) is 10.6 Å². The molecule has 0 bridgehead atoms. The lowest BCUT2D eigenvalue weighted by molar-refractivity contribution is -0.117. The van der Waals surface area contributed by atoms with Gasteiger partial charge >= 0.3 is 0 Å². The highest BCUT2D eigenvalue weighted by Crippen LogP contribution is 2.25. The van der Waals surface area contributed by atoms with Crippen LogP contribution < -0.4 is 16.2 Å². The normalized spacial score (nSPS) is 10.5. The van der Waals surface area contributed by atoms with Gasteiger partial charge in [-0.05, 0) is 24.3 Å². The molecule has 1 heterocycles. The third kappa shape index (κ3) is 3.89. The minimum atomic E-state index is -0.418. The average molecular weight is 371 g/mol. The Balaban J connectivity index is 1.75. The minimum absolute atomic E-state index is 0.227. The Morgan fingerprint density at radius 1 is 1.15 bits per heavy atom. The molecule has 8 heteroatoms. The summed E-state index contributed by atoms with van der Waals surface area (Å²) in [6.07, 6.45) is 1.54. The smallest absolute Gasteiger partial charge is 0.275 e. The third-order valence-corrected chi connectivity index (χ3v) is 3.93. The van der Waals surface area contributed by atoms with Gasteiger partial charge in [-0.25, -0.2) is 4.68 Å². The molecule has 0 unspecified atom stereocenters. The fraction of sp³-hybridized carbons (Fsp3) is 0.111. The highest BCUT2D eigenvalue weighted by Gasteiger charge is 2.10. The van der Waals surface area contributed by atoms with Crippen LogP contribution in [0, 0.1) is 0 Å². The lowest BCUT2D eigenvalue weighted by Crippen LogP contribution is -2.29. The molecule has 0 radical (unpaired) electrons. The summed E-state index contributed by atoms with van der Waals surface area (Å²) in [6, 6.07) is 11.7. The lowest BCUT2D eigenvalue weighted by atomic mass is 10.2. The van der Waals surface area contributed by atoms with Crippen LogP contribution in [0.2, 0.25) is 5.02 Å². The predicted molar refractivity (Wildman–Crippen MR) is 100 cm³/mol. The van der Waals surface area contributed by atoms with Crippen LogP contribution >= 0.6 is 11.6 Å². The molecular weight excluding hydrogens is 356 g/mol. The molecule has 7 nitrogen and oxygen atoms in total. The summed E-state index contributed by atoms with van der Waals surface area (Å²) in [6.45, 7) is 1.15. The molecule has 2 aromatic carbocycles. The number of benzene rings is 2. The molecule has 0 aliphatic rings. The van der Waals surface area contributed by atoms with Crippen molar-refractivity contribution < 1.29 is 9.59 Å². The molecule has 3 aromatic rings. The fourth-order valence-electron chi connectivity index (χ4n) is 2.46. The van der Waals surface area contributed by atoms with Gasteiger partial charge in [-0.2, -0.15) is 5.10 Å². The molecule has 1 aromatic heterocycles. The minimum Gasteiger partial charge on any atom is -0.325 e. The van der Waals surface area contributed by atoms with Crippen LogP contribution in [0.3, 0.4) is 0 Å². The topological polar surface area (TPSA) is 93.1 Å². The van der Waals surface area contributed by atoms with E-state index in [4.69, 9.17) is 11.6 Å². The molecule has 26 heavy (non-hydrogen) atoms. The maximum Gasteiger partial charge on any atom is 0.275 e. The zero-order chi connectivity index (χ0) is 18.7. The number of nitrogens with zero attached hydrogens (tertiary/aromatic N) is 2. The Kier molecular flexibility index (Phi) is 4.99. The van der Waals surface area contributed by atoms with Crippen LogP contribution in [-0.2, 0) is 16.1 Å². The quantitative estimate of drug-likeness (QED) is 0.738. The van der Waals surface area contributed by atoms with E-state index in [1.165, 1.54) is 13.0 Å². The van der Waals surface area contributed by atoms with E-state index in [1.54, 1.807) is 36.5 Å². The molecule has 0 saturated heterocycles. The zero-order valence-corrected chi connectivity index (χ0v) is 14.6. The van der Waals surface area contributed by atoms with E-state index in [2.05, 4.69) is 15.7 Å². The number of amides is 2. The van der Waals surface area contributed by atoms with E-state index in [9.17, 15) is 14.4 Å². The summed E-state index contributed by atoms with van der Waals surface area (Å²) in [5.74, 6) is -0.663. The molecule has 0 atom stereocenters. The zero-order valence-electron chi connectivity index (χ0n) is 13.8. The van der Waals surface area contributed by atoms with Gasteiger partial charge in [0.15, 0.2) is 0 Å². The van der Waals surface area contributed by atoms with Crippen LogP contribution in [0.15, 0.2) is 53.5 Å². The van der Waals surface area contributed by atoms with Gasteiger partial charge in [-0.15, -0.1) is 0 Å². The van der Waals surface area contributed by atoms with Gasteiger partial charge in [0, 0.05) is 18.0 Å². The van der Waals surface area contributed by atoms with E-state index in [-0.39, 0.29) is 18.0 Å². The molecular formula is C18H15ClN4O3. The predicted octanol–water partition coefficient (Wildman–Crippen LogP) is 2.65. The number of fused-ring (bicyclic) bond motifs is 1. The Morgan fingerprint density at radius 2 is 1.92 bits per heavy atom. The number of hydrogen-bond acceptors (Lipinski definition) is 4. The Bertz CT molecular complexity index is 1060. The van der Waals surface area contributed by atoms with Crippen molar-refractivity contribution in [3.8, 4) is 0 Å². The number of nitrogens with one attached hydrogen (secondary N) is 2. The van der Waals surface area contributed by atoms with Gasteiger partial charge in [-0.1, -0.05) is 29.8 Å². The fourth-order valence-corrected chi connectivity index (χ4v) is 2.69. The maximum atomic E-state index is 12.4. The maximum absolute atomic E-state index is 12.4. The van der Waals surface area contributed by atoms with Crippen molar-refractivity contribution in [1.82, 2.24) is 9.78 Å². The van der Waals surface area contributed by atoms with E-state index in [1.807, 2.05) is 6.07 Å². The van der Waals surface area contributed by atoms with Crippen LogP contribution in [0.4, 0.5) is 11.4 Å². The first-order chi connectivity index (χ1) is 12.4. The highest BCUT2D eigenvalue weighted by molar-refractivity contribution is 6.34. The van der Waals surface area contributed by atoms with Crippen LogP contribution in [0.1, 0.15) is 6.92 Å². The van der Waals surface area contributed by atoms with Crippen molar-refractivity contribution in [2.45, 2.75) is 13.5 Å². The van der Waals surface area contributed by atoms with Crippen molar-refractivity contribution >= 4 is 45.6 Å². The molecule has 0 aliphatic heterocycles. The van der Waals surface area contributed by atoms with Crippen molar-refractivity contribution in [3.63, 3.8) is 0 Å². The van der Waals surface area contributed by atoms with Crippen LogP contribution in [-0.4, -0.2) is 21.6 Å². The Labute approximate surface area is 153 Å². The second-order valence-corrected chi connectivity index (χ2v) is 6.03. The molecule has 0 saturated carbocycles. The summed E-state index contributed by atoms with van der Waals surface area (Å²) < 4.78 is 1.10. The first-order valence-electron chi connectivity index (χ1n) is 7.76. The molecule has 2 N–H and O–H groups in total. The number of halogens is 1. The Morgan fingerprint density at radius 3 is 2.65 bits per heavy atom. The van der Waals surface area contributed by atoms with Crippen molar-refractivity contribution in [3.05, 3.63) is 64.0 Å². The first kappa shape index (κ1) is 17.6. The lowest BCUT2D eigenvalue weighted by Gasteiger charge is -2.10. The molecule has 0 spiro atoms. The number of rotatable bonds is 4. The van der Waals surface area contributed by atoms with E-state index in [0.29, 0.717) is 21.8 Å². The summed E-state index contributed by atoms with van der Waals surface area (Å²) in [5.41, 5.74) is 0.560. The second-order valence-electron chi connectivity index (χ2n) is 5.62. The number of carbonyl (C=O) groups excluding carboxylic acids is 2. The Hall–Kier alpha value is -3.19. The van der Waals surface area contributed by atoms with Gasteiger partial charge in [-0.3, -0.25) is 14.4 Å². The van der Waals surface area contributed by atoms with E-state index in [0.717, 1.165) is 10.1 Å². The summed E-state index contributed by atoms with van der Waals surface area (Å²) >= 11 is 6.07. The summed E-state index contributed by atoms with van der Waals surface area (Å²) in [7, 11) is 0. The van der Waals surface area contributed by atoms with E-state index >= 15 is 0 Å². The molecule has 0 fully saturated rings. The van der Waals surface area contributed by atoms with Crippen molar-refractivity contribution in [1.29, 1.82) is 0 Å². The van der Waals surface area contributed by atoms with Gasteiger partial charge in [0.05, 0.1) is 22.3 Å². The SMILES string of the molecule is CC(=O)Nc1ccc(NC(=O)Cn2ncc3ccccc3c2=O)cc1Cl. The molecule has 2 amide bonds. The van der Waals surface area contributed by atoms with Crippen LogP contribution in [0.5, 0.6) is 0 Å². The molecule has 3 rings (SSSR count). The number of anilines is 2. The van der Waals surface area contributed by atoms with Gasteiger partial charge < -0.3 is 10.6 Å². The second kappa shape index (κ2) is 7.37. The number of carbonyl (C=O) groups is 2. The highest BCUT2D eigenvalue weighted by atomic mass is 35.5. The number of hydrogen-bond donors (Lipinski definition) is 2. The largest absolute Gasteiger partial charge is 0.325 e. The summed E-state index contributed by atoms with van der Waals surface area (Å²) in [4.78, 5) is 35.7. The standard InChI is InChI=1S/C18H15ClN4O3/c1-11(24)21-16-7-6-13(8-15(16)19)22-17(25)10-23-18(26)14-5-3-2-4-12(14)9-20-23/h2-9H,10H2,1H3,(H,21,24)(H,22,25). The van der Waals surface area contributed by atoms with E-state index < -0.39 is 5.91 Å².